The Morgan fingerprint density at radius 2 is 2.12 bits per heavy atom. The van der Waals surface area contributed by atoms with E-state index in [2.05, 4.69) is 4.98 Å². The van der Waals surface area contributed by atoms with Crippen molar-refractivity contribution in [3.63, 3.8) is 0 Å². The Kier molecular flexibility index (Phi) is 4.91. The molecule has 25 heavy (non-hydrogen) atoms. The first kappa shape index (κ1) is 18.3. The molecular weight excluding hydrogens is 346 g/mol. The third-order valence-electron chi connectivity index (χ3n) is 5.60. The van der Waals surface area contributed by atoms with Crippen LogP contribution in [0, 0.1) is 18.3 Å². The molecule has 1 spiro atoms. The Labute approximate surface area is 148 Å². The Balaban J connectivity index is 1.72. The van der Waals surface area contributed by atoms with Crippen LogP contribution in [0.4, 0.5) is 0 Å². The van der Waals surface area contributed by atoms with Crippen molar-refractivity contribution in [1.82, 2.24) is 14.2 Å². The van der Waals surface area contributed by atoms with Crippen molar-refractivity contribution >= 4 is 15.9 Å². The van der Waals surface area contributed by atoms with E-state index in [1.165, 1.54) is 12.6 Å². The Hall–Kier alpha value is -1.45. The van der Waals surface area contributed by atoms with Gasteiger partial charge < -0.3 is 14.1 Å². The summed E-state index contributed by atoms with van der Waals surface area (Å²) in [6, 6.07) is 0. The summed E-state index contributed by atoms with van der Waals surface area (Å²) in [5.41, 5.74) is 0.457. The first-order valence-corrected chi connectivity index (χ1v) is 10.2. The molecule has 2 fully saturated rings. The van der Waals surface area contributed by atoms with Crippen LogP contribution in [0.3, 0.4) is 0 Å². The van der Waals surface area contributed by atoms with Gasteiger partial charge in [0.25, 0.3) is 5.91 Å². The van der Waals surface area contributed by atoms with E-state index in [9.17, 15) is 13.2 Å². The lowest BCUT2D eigenvalue weighted by atomic mass is 9.71. The smallest absolute Gasteiger partial charge is 0.291 e. The number of ether oxygens (including phenoxy) is 1. The first-order valence-electron chi connectivity index (χ1n) is 8.40. The summed E-state index contributed by atoms with van der Waals surface area (Å²) in [6.45, 7) is 4.43. The normalized spacial score (nSPS) is 24.1. The summed E-state index contributed by atoms with van der Waals surface area (Å²) in [6.07, 6.45) is 4.04. The quantitative estimate of drug-likeness (QED) is 0.775. The molecule has 1 amide bonds. The molecule has 1 atom stereocenters. The standard InChI is InChI=1S/C16H25N3O5S/c1-12-14(24-11-17-12)15(20)18-6-4-16(5-7-18)10-19(25(3,21)22)8-13(16)9-23-2/h11,13H,4-10H2,1-3H3. The zero-order valence-corrected chi connectivity index (χ0v) is 15.7. The number of hydrogen-bond acceptors (Lipinski definition) is 6. The predicted octanol–water partition coefficient (Wildman–Crippen LogP) is 0.743. The van der Waals surface area contributed by atoms with Gasteiger partial charge in [-0.05, 0) is 25.2 Å². The van der Waals surface area contributed by atoms with E-state index in [0.717, 1.165) is 12.8 Å². The maximum Gasteiger partial charge on any atom is 0.291 e. The van der Waals surface area contributed by atoms with Crippen molar-refractivity contribution < 1.29 is 22.4 Å². The monoisotopic (exact) mass is 371 g/mol. The average molecular weight is 371 g/mol. The van der Waals surface area contributed by atoms with Crippen LogP contribution in [0.25, 0.3) is 0 Å². The van der Waals surface area contributed by atoms with Crippen molar-refractivity contribution in [3.05, 3.63) is 17.8 Å². The lowest BCUT2D eigenvalue weighted by molar-refractivity contribution is 0.0311. The van der Waals surface area contributed by atoms with Crippen LogP contribution in [0.5, 0.6) is 0 Å². The van der Waals surface area contributed by atoms with E-state index in [-0.39, 0.29) is 23.0 Å². The summed E-state index contributed by atoms with van der Waals surface area (Å²) in [5, 5.41) is 0. The maximum absolute atomic E-state index is 12.6. The molecule has 3 rings (SSSR count). The molecule has 1 aromatic heterocycles. The van der Waals surface area contributed by atoms with Crippen LogP contribution in [0.15, 0.2) is 10.8 Å². The molecule has 0 saturated carbocycles. The second-order valence-corrected chi connectivity index (χ2v) is 9.11. The number of aromatic nitrogens is 1. The number of likely N-dealkylation sites (tertiary alicyclic amines) is 1. The van der Waals surface area contributed by atoms with E-state index < -0.39 is 10.0 Å². The largest absolute Gasteiger partial charge is 0.438 e. The SMILES string of the molecule is COCC1CN(S(C)(=O)=O)CC12CCN(C(=O)c1ocnc1C)CC2. The molecule has 1 unspecified atom stereocenters. The van der Waals surface area contributed by atoms with Crippen molar-refractivity contribution in [2.75, 3.05) is 46.2 Å². The molecule has 0 aliphatic carbocycles. The molecule has 2 aliphatic rings. The third kappa shape index (κ3) is 3.45. The molecule has 2 aliphatic heterocycles. The number of methoxy groups -OCH3 is 1. The molecule has 0 bridgehead atoms. The number of amides is 1. The van der Waals surface area contributed by atoms with Gasteiger partial charge in [0.2, 0.25) is 15.8 Å². The average Bonchev–Trinajstić information content (AvgIpc) is 3.13. The van der Waals surface area contributed by atoms with Crippen molar-refractivity contribution in [1.29, 1.82) is 0 Å². The molecule has 140 valence electrons. The number of hydrogen-bond donors (Lipinski definition) is 0. The highest BCUT2D eigenvalue weighted by atomic mass is 32.2. The van der Waals surface area contributed by atoms with Crippen LogP contribution < -0.4 is 0 Å². The zero-order chi connectivity index (χ0) is 18.2. The number of oxazole rings is 1. The number of piperidine rings is 1. The Bertz CT molecular complexity index is 737. The highest BCUT2D eigenvalue weighted by molar-refractivity contribution is 7.88. The molecule has 3 heterocycles. The maximum atomic E-state index is 12.6. The number of rotatable bonds is 4. The van der Waals surface area contributed by atoms with Gasteiger partial charge in [-0.2, -0.15) is 0 Å². The first-order chi connectivity index (χ1) is 11.8. The van der Waals surface area contributed by atoms with Crippen molar-refractivity contribution in [2.24, 2.45) is 11.3 Å². The number of carbonyl (C=O) groups is 1. The van der Waals surface area contributed by atoms with Crippen LogP contribution in [-0.4, -0.2) is 74.7 Å². The van der Waals surface area contributed by atoms with E-state index in [1.54, 1.807) is 23.2 Å². The van der Waals surface area contributed by atoms with Crippen molar-refractivity contribution in [2.45, 2.75) is 19.8 Å². The summed E-state index contributed by atoms with van der Waals surface area (Å²) < 4.78 is 36.0. The number of carbonyl (C=O) groups excluding carboxylic acids is 1. The molecular formula is C16H25N3O5S. The van der Waals surface area contributed by atoms with Gasteiger partial charge in [0, 0.05) is 39.2 Å². The Morgan fingerprint density at radius 3 is 2.64 bits per heavy atom. The summed E-state index contributed by atoms with van der Waals surface area (Å²) >= 11 is 0. The minimum absolute atomic E-state index is 0.133. The molecule has 0 aromatic carbocycles. The van der Waals surface area contributed by atoms with Gasteiger partial charge in [-0.1, -0.05) is 0 Å². The number of aryl methyl sites for hydroxylation is 1. The minimum atomic E-state index is -3.23. The van der Waals surface area contributed by atoms with E-state index in [1.807, 2.05) is 0 Å². The highest BCUT2D eigenvalue weighted by Crippen LogP contribution is 2.45. The lowest BCUT2D eigenvalue weighted by Crippen LogP contribution is -2.47. The van der Waals surface area contributed by atoms with Crippen LogP contribution >= 0.6 is 0 Å². The van der Waals surface area contributed by atoms with E-state index in [0.29, 0.717) is 38.5 Å². The topological polar surface area (TPSA) is 93.0 Å². The fraction of sp³-hybridized carbons (Fsp3) is 0.750. The van der Waals surface area contributed by atoms with Crippen molar-refractivity contribution in [3.8, 4) is 0 Å². The fourth-order valence-electron chi connectivity index (χ4n) is 4.04. The summed E-state index contributed by atoms with van der Waals surface area (Å²) in [4.78, 5) is 18.3. The van der Waals surface area contributed by atoms with Gasteiger partial charge in [-0.3, -0.25) is 4.79 Å². The van der Waals surface area contributed by atoms with Gasteiger partial charge in [0.15, 0.2) is 6.39 Å². The molecule has 2 saturated heterocycles. The Morgan fingerprint density at radius 1 is 1.44 bits per heavy atom. The second kappa shape index (κ2) is 6.69. The molecule has 0 N–H and O–H groups in total. The predicted molar refractivity (Wildman–Crippen MR) is 90.6 cm³/mol. The number of nitrogens with zero attached hydrogens (tertiary/aromatic N) is 3. The van der Waals surface area contributed by atoms with Gasteiger partial charge >= 0.3 is 0 Å². The zero-order valence-electron chi connectivity index (χ0n) is 14.9. The van der Waals surface area contributed by atoms with Crippen LogP contribution in [0.2, 0.25) is 0 Å². The molecule has 9 heteroatoms. The minimum Gasteiger partial charge on any atom is -0.438 e. The fourth-order valence-corrected chi connectivity index (χ4v) is 4.98. The van der Waals surface area contributed by atoms with E-state index >= 15 is 0 Å². The molecule has 8 nitrogen and oxygen atoms in total. The number of sulfonamides is 1. The van der Waals surface area contributed by atoms with Crippen LogP contribution in [0.1, 0.15) is 29.1 Å². The third-order valence-corrected chi connectivity index (χ3v) is 6.82. The van der Waals surface area contributed by atoms with Gasteiger partial charge in [0.1, 0.15) is 0 Å². The highest BCUT2D eigenvalue weighted by Gasteiger charge is 2.50. The summed E-state index contributed by atoms with van der Waals surface area (Å²) in [5.74, 6) is 0.288. The van der Waals surface area contributed by atoms with Gasteiger partial charge in [-0.15, -0.1) is 0 Å². The lowest BCUT2D eigenvalue weighted by Gasteiger charge is -2.42. The van der Waals surface area contributed by atoms with Gasteiger partial charge in [-0.25, -0.2) is 17.7 Å². The van der Waals surface area contributed by atoms with E-state index in [4.69, 9.17) is 9.15 Å². The molecule has 1 aromatic rings. The summed E-state index contributed by atoms with van der Waals surface area (Å²) in [7, 11) is -1.59. The molecule has 0 radical (unpaired) electrons. The second-order valence-electron chi connectivity index (χ2n) is 7.13. The van der Waals surface area contributed by atoms with Crippen LogP contribution in [-0.2, 0) is 14.8 Å². The van der Waals surface area contributed by atoms with Gasteiger partial charge in [0.05, 0.1) is 18.6 Å².